The Morgan fingerprint density at radius 2 is 2.05 bits per heavy atom. The summed E-state index contributed by atoms with van der Waals surface area (Å²) in [5.41, 5.74) is 3.30. The fraction of sp³-hybridized carbons (Fsp3) is 0.733. The minimum Gasteiger partial charge on any atom is -0.328 e. The Balaban J connectivity index is 1.80. The summed E-state index contributed by atoms with van der Waals surface area (Å²) < 4.78 is 5.14. The van der Waals surface area contributed by atoms with Crippen LogP contribution < -0.4 is 0 Å². The average molecular weight is 307 g/mol. The lowest BCUT2D eigenvalue weighted by molar-refractivity contribution is 0.208. The van der Waals surface area contributed by atoms with Gasteiger partial charge in [0.15, 0.2) is 10.4 Å². The Bertz CT molecular complexity index is 672. The second-order valence-electron chi connectivity index (χ2n) is 6.22. The van der Waals surface area contributed by atoms with E-state index in [9.17, 15) is 0 Å². The zero-order valence-electron chi connectivity index (χ0n) is 13.2. The molecule has 0 unspecified atom stereocenters. The van der Waals surface area contributed by atoms with Gasteiger partial charge in [0.05, 0.1) is 5.69 Å². The Labute approximate surface area is 130 Å². The molecule has 0 bridgehead atoms. The van der Waals surface area contributed by atoms with Crippen LogP contribution in [0, 0.1) is 17.6 Å². The van der Waals surface area contributed by atoms with E-state index >= 15 is 0 Å². The van der Waals surface area contributed by atoms with Crippen molar-refractivity contribution in [2.45, 2.75) is 46.2 Å². The van der Waals surface area contributed by atoms with Gasteiger partial charge in [0.2, 0.25) is 0 Å². The van der Waals surface area contributed by atoms with Crippen LogP contribution in [0.4, 0.5) is 0 Å². The van der Waals surface area contributed by atoms with Crippen molar-refractivity contribution in [1.29, 1.82) is 0 Å². The third-order valence-corrected chi connectivity index (χ3v) is 5.05. The van der Waals surface area contributed by atoms with Crippen molar-refractivity contribution in [1.82, 2.24) is 24.2 Å². The molecular weight excluding hydrogens is 282 g/mol. The molecule has 116 valence electrons. The molecule has 0 aromatic carbocycles. The van der Waals surface area contributed by atoms with Crippen LogP contribution >= 0.6 is 12.2 Å². The largest absolute Gasteiger partial charge is 0.328 e. The number of hydrogen-bond acceptors (Lipinski definition) is 3. The molecule has 3 rings (SSSR count). The highest BCUT2D eigenvalue weighted by Crippen LogP contribution is 2.23. The number of nitrogens with one attached hydrogen (secondary N) is 1. The molecule has 2 aromatic rings. The van der Waals surface area contributed by atoms with Crippen LogP contribution in [0.15, 0.2) is 0 Å². The molecule has 1 N–H and O–H groups in total. The monoisotopic (exact) mass is 307 g/mol. The highest BCUT2D eigenvalue weighted by molar-refractivity contribution is 7.71. The lowest BCUT2D eigenvalue weighted by Crippen LogP contribution is -2.30. The minimum absolute atomic E-state index is 0.826. The third kappa shape index (κ3) is 2.79. The second kappa shape index (κ2) is 5.93. The van der Waals surface area contributed by atoms with Crippen molar-refractivity contribution >= 4 is 23.4 Å². The minimum atomic E-state index is 0.826. The quantitative estimate of drug-likeness (QED) is 0.883. The van der Waals surface area contributed by atoms with E-state index in [2.05, 4.69) is 38.2 Å². The molecule has 1 fully saturated rings. The zero-order chi connectivity index (χ0) is 15.0. The van der Waals surface area contributed by atoms with E-state index in [1.807, 2.05) is 6.92 Å². The van der Waals surface area contributed by atoms with Gasteiger partial charge in [-0.2, -0.15) is 5.10 Å². The smallest absolute Gasteiger partial charge is 0.179 e. The van der Waals surface area contributed by atoms with Crippen molar-refractivity contribution in [3.63, 3.8) is 0 Å². The van der Waals surface area contributed by atoms with Crippen molar-refractivity contribution in [2.24, 2.45) is 5.92 Å². The van der Waals surface area contributed by atoms with Crippen LogP contribution in [0.2, 0.25) is 0 Å². The zero-order valence-corrected chi connectivity index (χ0v) is 14.0. The SMILES string of the molecule is CCn1nc(C)c2[nH]c(=S)n(CCC3CCN(C)CC3)c21. The predicted molar refractivity (Wildman–Crippen MR) is 88.2 cm³/mol. The molecule has 0 radical (unpaired) electrons. The van der Waals surface area contributed by atoms with Gasteiger partial charge in [0.1, 0.15) is 5.52 Å². The first kappa shape index (κ1) is 14.8. The number of H-pyrrole nitrogens is 1. The summed E-state index contributed by atoms with van der Waals surface area (Å²) >= 11 is 5.52. The molecule has 0 spiro atoms. The average Bonchev–Trinajstić information content (AvgIpc) is 2.96. The summed E-state index contributed by atoms with van der Waals surface area (Å²) in [6.07, 6.45) is 3.83. The van der Waals surface area contributed by atoms with Gasteiger partial charge in [-0.05, 0) is 71.4 Å². The Morgan fingerprint density at radius 1 is 1.33 bits per heavy atom. The molecule has 0 saturated carbocycles. The van der Waals surface area contributed by atoms with Crippen LogP contribution in [0.3, 0.4) is 0 Å². The molecular formula is C15H25N5S. The van der Waals surface area contributed by atoms with Gasteiger partial charge in [-0.25, -0.2) is 4.68 Å². The van der Waals surface area contributed by atoms with Gasteiger partial charge in [-0.1, -0.05) is 0 Å². The first-order valence-corrected chi connectivity index (χ1v) is 8.35. The van der Waals surface area contributed by atoms with E-state index in [4.69, 9.17) is 12.2 Å². The van der Waals surface area contributed by atoms with Crippen LogP contribution in [0.25, 0.3) is 11.2 Å². The summed E-state index contributed by atoms with van der Waals surface area (Å²) in [7, 11) is 2.21. The van der Waals surface area contributed by atoms with Crippen LogP contribution in [-0.2, 0) is 13.1 Å². The number of rotatable bonds is 4. The molecule has 1 aliphatic heterocycles. The maximum atomic E-state index is 5.52. The molecule has 3 heterocycles. The van der Waals surface area contributed by atoms with Crippen molar-refractivity contribution in [3.05, 3.63) is 10.5 Å². The van der Waals surface area contributed by atoms with E-state index in [-0.39, 0.29) is 0 Å². The van der Waals surface area contributed by atoms with Gasteiger partial charge in [0, 0.05) is 13.1 Å². The van der Waals surface area contributed by atoms with Crippen LogP contribution in [0.1, 0.15) is 31.9 Å². The molecule has 1 saturated heterocycles. The number of aromatic nitrogens is 4. The fourth-order valence-corrected chi connectivity index (χ4v) is 3.63. The maximum absolute atomic E-state index is 5.52. The Hall–Kier alpha value is -1.14. The van der Waals surface area contributed by atoms with Gasteiger partial charge < -0.3 is 14.5 Å². The molecule has 5 nitrogen and oxygen atoms in total. The molecule has 21 heavy (non-hydrogen) atoms. The predicted octanol–water partition coefficient (Wildman–Crippen LogP) is 2.96. The highest BCUT2D eigenvalue weighted by Gasteiger charge is 2.18. The number of nitrogens with zero attached hydrogens (tertiary/aromatic N) is 4. The number of aryl methyl sites for hydroxylation is 3. The number of imidazole rings is 1. The van der Waals surface area contributed by atoms with Crippen molar-refractivity contribution < 1.29 is 0 Å². The van der Waals surface area contributed by atoms with Crippen LogP contribution in [0.5, 0.6) is 0 Å². The van der Waals surface area contributed by atoms with Crippen molar-refractivity contribution in [3.8, 4) is 0 Å². The van der Waals surface area contributed by atoms with Gasteiger partial charge in [-0.15, -0.1) is 0 Å². The number of likely N-dealkylation sites (tertiary alicyclic amines) is 1. The summed E-state index contributed by atoms with van der Waals surface area (Å²) in [6.45, 7) is 8.50. The van der Waals surface area contributed by atoms with E-state index < -0.39 is 0 Å². The van der Waals surface area contributed by atoms with Gasteiger partial charge >= 0.3 is 0 Å². The molecule has 0 amide bonds. The summed E-state index contributed by atoms with van der Waals surface area (Å²) in [5.74, 6) is 0.826. The van der Waals surface area contributed by atoms with Gasteiger partial charge in [0.25, 0.3) is 0 Å². The molecule has 1 aliphatic rings. The van der Waals surface area contributed by atoms with Gasteiger partial charge in [-0.3, -0.25) is 0 Å². The van der Waals surface area contributed by atoms with E-state index in [0.29, 0.717) is 0 Å². The maximum Gasteiger partial charge on any atom is 0.179 e. The van der Waals surface area contributed by atoms with Crippen molar-refractivity contribution in [2.75, 3.05) is 20.1 Å². The van der Waals surface area contributed by atoms with E-state index in [1.165, 1.54) is 32.4 Å². The summed E-state index contributed by atoms with van der Waals surface area (Å²) in [6, 6.07) is 0. The second-order valence-corrected chi connectivity index (χ2v) is 6.60. The Morgan fingerprint density at radius 3 is 2.71 bits per heavy atom. The number of hydrogen-bond donors (Lipinski definition) is 1. The molecule has 0 atom stereocenters. The summed E-state index contributed by atoms with van der Waals surface area (Å²) in [4.78, 5) is 5.75. The topological polar surface area (TPSA) is 41.8 Å². The Kier molecular flexibility index (Phi) is 4.17. The third-order valence-electron chi connectivity index (χ3n) is 4.73. The first-order chi connectivity index (χ1) is 10.1. The number of fused-ring (bicyclic) bond motifs is 1. The van der Waals surface area contributed by atoms with E-state index in [0.717, 1.165) is 40.6 Å². The fourth-order valence-electron chi connectivity index (χ4n) is 3.35. The molecule has 0 aliphatic carbocycles. The van der Waals surface area contributed by atoms with E-state index in [1.54, 1.807) is 0 Å². The molecule has 2 aromatic heterocycles. The number of aromatic amines is 1. The van der Waals surface area contributed by atoms with Crippen LogP contribution in [-0.4, -0.2) is 44.4 Å². The standard InChI is InChI=1S/C15H25N5S/c1-4-20-14-13(11(2)17-20)16-15(21)19(14)10-7-12-5-8-18(3)9-6-12/h12H,4-10H2,1-3H3,(H,16,21). The molecule has 6 heteroatoms. The first-order valence-electron chi connectivity index (χ1n) is 7.94. The normalized spacial score (nSPS) is 17.9. The highest BCUT2D eigenvalue weighted by atomic mass is 32.1. The lowest BCUT2D eigenvalue weighted by atomic mass is 9.94. The number of piperidine rings is 1. The summed E-state index contributed by atoms with van der Waals surface area (Å²) in [5, 5.41) is 4.59. The lowest BCUT2D eigenvalue weighted by Gasteiger charge is -2.28.